The lowest BCUT2D eigenvalue weighted by molar-refractivity contribution is -0.0431. The highest BCUT2D eigenvalue weighted by Gasteiger charge is 2.31. The summed E-state index contributed by atoms with van der Waals surface area (Å²) < 4.78 is 11.3. The average molecular weight is 253 g/mol. The van der Waals surface area contributed by atoms with Crippen molar-refractivity contribution >= 4 is 29.1 Å². The number of hydrogen-bond donors (Lipinski definition) is 1. The van der Waals surface area contributed by atoms with E-state index in [0.29, 0.717) is 5.82 Å². The normalized spacial score (nSPS) is 15.6. The van der Waals surface area contributed by atoms with Crippen molar-refractivity contribution in [3.63, 3.8) is 0 Å². The molecule has 4 nitrogen and oxygen atoms in total. The Kier molecular flexibility index (Phi) is 2.54. The standard InChI is InChI=1S/C12H12N2O2.ClH/c1-12(2)15-9-5-7-3-4-11(13)14-8(7)6-10(9)16-12;/h3-6H,1-2H3,(H2,13,14);1H. The molecule has 1 aromatic heterocycles. The Morgan fingerprint density at radius 2 is 1.76 bits per heavy atom. The number of rotatable bonds is 0. The number of nitrogen functional groups attached to an aromatic ring is 1. The second kappa shape index (κ2) is 3.67. The van der Waals surface area contributed by atoms with Gasteiger partial charge in [0.25, 0.3) is 0 Å². The Hall–Kier alpha value is -1.68. The van der Waals surface area contributed by atoms with E-state index in [1.165, 1.54) is 0 Å². The molecule has 2 N–H and O–H groups in total. The molecule has 0 radical (unpaired) electrons. The van der Waals surface area contributed by atoms with Gasteiger partial charge in [0, 0.05) is 25.3 Å². The number of hydrogen-bond acceptors (Lipinski definition) is 4. The first kappa shape index (κ1) is 11.8. The predicted molar refractivity (Wildman–Crippen MR) is 68.7 cm³/mol. The maximum atomic E-state index is 5.65. The first-order valence-electron chi connectivity index (χ1n) is 5.12. The van der Waals surface area contributed by atoms with Crippen molar-refractivity contribution in [2.45, 2.75) is 19.6 Å². The fourth-order valence-electron chi connectivity index (χ4n) is 1.86. The minimum atomic E-state index is -0.606. The van der Waals surface area contributed by atoms with Gasteiger partial charge in [0.05, 0.1) is 5.52 Å². The fraction of sp³-hybridized carbons (Fsp3) is 0.250. The van der Waals surface area contributed by atoms with Crippen LogP contribution in [0.4, 0.5) is 5.82 Å². The van der Waals surface area contributed by atoms with Gasteiger partial charge in [-0.05, 0) is 18.2 Å². The SMILES string of the molecule is CC1(C)Oc2cc3ccc(N)nc3cc2O1.Cl. The zero-order chi connectivity index (χ0) is 11.3. The molecule has 5 heteroatoms. The van der Waals surface area contributed by atoms with E-state index in [1.54, 1.807) is 6.07 Å². The summed E-state index contributed by atoms with van der Waals surface area (Å²) in [5.74, 6) is 1.37. The van der Waals surface area contributed by atoms with Gasteiger partial charge in [0.2, 0.25) is 5.79 Å². The highest BCUT2D eigenvalue weighted by Crippen LogP contribution is 2.41. The van der Waals surface area contributed by atoms with Crippen molar-refractivity contribution in [1.29, 1.82) is 0 Å². The largest absolute Gasteiger partial charge is 0.449 e. The van der Waals surface area contributed by atoms with Gasteiger partial charge in [-0.15, -0.1) is 12.4 Å². The summed E-state index contributed by atoms with van der Waals surface area (Å²) in [7, 11) is 0. The van der Waals surface area contributed by atoms with Gasteiger partial charge in [-0.3, -0.25) is 0 Å². The number of anilines is 1. The molecule has 0 unspecified atom stereocenters. The summed E-state index contributed by atoms with van der Waals surface area (Å²) in [4.78, 5) is 4.24. The van der Waals surface area contributed by atoms with Gasteiger partial charge in [-0.2, -0.15) is 0 Å². The van der Waals surface area contributed by atoms with E-state index in [0.717, 1.165) is 22.4 Å². The van der Waals surface area contributed by atoms with Crippen molar-refractivity contribution in [2.75, 3.05) is 5.73 Å². The summed E-state index contributed by atoms with van der Waals surface area (Å²) in [6, 6.07) is 7.48. The number of pyridine rings is 1. The zero-order valence-corrected chi connectivity index (χ0v) is 10.4. The lowest BCUT2D eigenvalue weighted by Crippen LogP contribution is -2.29. The van der Waals surface area contributed by atoms with Crippen LogP contribution >= 0.6 is 12.4 Å². The van der Waals surface area contributed by atoms with Crippen LogP contribution in [-0.4, -0.2) is 10.8 Å². The third kappa shape index (κ3) is 1.96. The van der Waals surface area contributed by atoms with Gasteiger partial charge in [-0.25, -0.2) is 4.98 Å². The molecule has 0 spiro atoms. The molecule has 0 saturated heterocycles. The van der Waals surface area contributed by atoms with E-state index >= 15 is 0 Å². The van der Waals surface area contributed by atoms with Crippen molar-refractivity contribution in [1.82, 2.24) is 4.98 Å². The molecule has 0 amide bonds. The molecule has 0 bridgehead atoms. The maximum Gasteiger partial charge on any atom is 0.246 e. The highest BCUT2D eigenvalue weighted by molar-refractivity contribution is 5.85. The predicted octanol–water partition coefficient (Wildman–Crippen LogP) is 2.75. The lowest BCUT2D eigenvalue weighted by Gasteiger charge is -2.16. The molecule has 1 aliphatic heterocycles. The van der Waals surface area contributed by atoms with Crippen molar-refractivity contribution < 1.29 is 9.47 Å². The lowest BCUT2D eigenvalue weighted by atomic mass is 10.2. The van der Waals surface area contributed by atoms with E-state index in [9.17, 15) is 0 Å². The van der Waals surface area contributed by atoms with E-state index in [-0.39, 0.29) is 12.4 Å². The van der Waals surface area contributed by atoms with E-state index in [2.05, 4.69) is 4.98 Å². The van der Waals surface area contributed by atoms with Crippen LogP contribution < -0.4 is 15.2 Å². The van der Waals surface area contributed by atoms with Gasteiger partial charge in [0.1, 0.15) is 5.82 Å². The third-order valence-electron chi connectivity index (χ3n) is 2.49. The summed E-state index contributed by atoms with van der Waals surface area (Å²) >= 11 is 0. The van der Waals surface area contributed by atoms with Crippen LogP contribution in [0.3, 0.4) is 0 Å². The van der Waals surface area contributed by atoms with Crippen LogP contribution in [-0.2, 0) is 0 Å². The Morgan fingerprint density at radius 3 is 2.47 bits per heavy atom. The number of nitrogens with two attached hydrogens (primary N) is 1. The monoisotopic (exact) mass is 252 g/mol. The highest BCUT2D eigenvalue weighted by atomic mass is 35.5. The molecule has 0 atom stereocenters. The summed E-state index contributed by atoms with van der Waals surface area (Å²) in [5.41, 5.74) is 6.46. The average Bonchev–Trinajstić information content (AvgIpc) is 2.47. The third-order valence-corrected chi connectivity index (χ3v) is 2.49. The maximum absolute atomic E-state index is 5.65. The number of aromatic nitrogens is 1. The topological polar surface area (TPSA) is 57.4 Å². The van der Waals surface area contributed by atoms with E-state index in [1.807, 2.05) is 32.0 Å². The summed E-state index contributed by atoms with van der Waals surface area (Å²) in [6.07, 6.45) is 0. The van der Waals surface area contributed by atoms with Crippen LogP contribution in [0.2, 0.25) is 0 Å². The van der Waals surface area contributed by atoms with Crippen LogP contribution in [0.15, 0.2) is 24.3 Å². The molecule has 0 fully saturated rings. The van der Waals surface area contributed by atoms with Gasteiger partial charge in [0.15, 0.2) is 11.5 Å². The number of benzene rings is 1. The van der Waals surface area contributed by atoms with Crippen LogP contribution in [0.5, 0.6) is 11.5 Å². The molecule has 1 aromatic carbocycles. The van der Waals surface area contributed by atoms with Gasteiger partial charge in [-0.1, -0.05) is 0 Å². The Balaban J connectivity index is 0.00000108. The van der Waals surface area contributed by atoms with Gasteiger partial charge < -0.3 is 15.2 Å². The number of nitrogens with zero attached hydrogens (tertiary/aromatic N) is 1. The van der Waals surface area contributed by atoms with E-state index < -0.39 is 5.79 Å². The van der Waals surface area contributed by atoms with Crippen LogP contribution in [0.25, 0.3) is 10.9 Å². The first-order chi connectivity index (χ1) is 7.53. The zero-order valence-electron chi connectivity index (χ0n) is 9.56. The molecule has 2 aromatic rings. The molecule has 90 valence electrons. The minimum Gasteiger partial charge on any atom is -0.449 e. The molecule has 0 saturated carbocycles. The smallest absolute Gasteiger partial charge is 0.246 e. The van der Waals surface area contributed by atoms with Crippen molar-refractivity contribution in [3.8, 4) is 11.5 Å². The number of fused-ring (bicyclic) bond motifs is 2. The first-order valence-corrected chi connectivity index (χ1v) is 5.12. The second-order valence-corrected chi connectivity index (χ2v) is 4.33. The fourth-order valence-corrected chi connectivity index (χ4v) is 1.86. The Bertz CT molecular complexity index is 584. The minimum absolute atomic E-state index is 0. The summed E-state index contributed by atoms with van der Waals surface area (Å²) in [5, 5.41) is 0.995. The second-order valence-electron chi connectivity index (χ2n) is 4.33. The number of halogens is 1. The molecule has 2 heterocycles. The Morgan fingerprint density at radius 1 is 1.12 bits per heavy atom. The van der Waals surface area contributed by atoms with Gasteiger partial charge >= 0.3 is 0 Å². The number of ether oxygens (including phenoxy) is 2. The van der Waals surface area contributed by atoms with E-state index in [4.69, 9.17) is 15.2 Å². The molecule has 17 heavy (non-hydrogen) atoms. The molecule has 0 aliphatic carbocycles. The van der Waals surface area contributed by atoms with Crippen molar-refractivity contribution in [2.24, 2.45) is 0 Å². The summed E-state index contributed by atoms with van der Waals surface area (Å²) in [6.45, 7) is 3.75. The molecular weight excluding hydrogens is 240 g/mol. The van der Waals surface area contributed by atoms with Crippen LogP contribution in [0.1, 0.15) is 13.8 Å². The molecular formula is C12H13ClN2O2. The van der Waals surface area contributed by atoms with Crippen LogP contribution in [0, 0.1) is 0 Å². The van der Waals surface area contributed by atoms with Crippen molar-refractivity contribution in [3.05, 3.63) is 24.3 Å². The Labute approximate surface area is 105 Å². The molecule has 1 aliphatic rings. The quantitative estimate of drug-likeness (QED) is 0.783. The molecule has 3 rings (SSSR count).